The molecule has 1 atom stereocenters. The molecule has 1 aromatic rings. The highest BCUT2D eigenvalue weighted by Gasteiger charge is 2.14. The molecule has 16 heavy (non-hydrogen) atoms. The first kappa shape index (κ1) is 12.6. The molecule has 1 rings (SSSR count). The molecule has 0 aliphatic rings. The van der Waals surface area contributed by atoms with Crippen LogP contribution >= 0.6 is 0 Å². The first-order valence-corrected chi connectivity index (χ1v) is 6.58. The van der Waals surface area contributed by atoms with Crippen molar-refractivity contribution in [2.24, 2.45) is 4.36 Å². The molecule has 0 aliphatic carbocycles. The van der Waals surface area contributed by atoms with Crippen molar-refractivity contribution in [3.05, 3.63) is 34.1 Å². The summed E-state index contributed by atoms with van der Waals surface area (Å²) in [7, 11) is -2.40. The van der Waals surface area contributed by atoms with Gasteiger partial charge in [0.1, 0.15) is 0 Å². The molecule has 0 saturated carbocycles. The molecule has 0 radical (unpaired) electrons. The van der Waals surface area contributed by atoms with Crippen LogP contribution < -0.4 is 0 Å². The van der Waals surface area contributed by atoms with Crippen molar-refractivity contribution in [3.63, 3.8) is 0 Å². The lowest BCUT2D eigenvalue weighted by atomic mass is 10.3. The van der Waals surface area contributed by atoms with E-state index in [1.165, 1.54) is 12.3 Å². The van der Waals surface area contributed by atoms with Gasteiger partial charge in [-0.2, -0.15) is 8.75 Å². The van der Waals surface area contributed by atoms with E-state index in [0.29, 0.717) is 5.75 Å². The molecule has 5 nitrogen and oxygen atoms in total. The van der Waals surface area contributed by atoms with Crippen LogP contribution in [0.2, 0.25) is 0 Å². The van der Waals surface area contributed by atoms with Crippen molar-refractivity contribution in [3.8, 4) is 0 Å². The predicted molar refractivity (Wildman–Crippen MR) is 59.7 cm³/mol. The average Bonchev–Trinajstić information content (AvgIpc) is 2.20. The van der Waals surface area contributed by atoms with Gasteiger partial charge in [-0.25, -0.2) is 4.21 Å². The van der Waals surface area contributed by atoms with Crippen LogP contribution in [-0.4, -0.2) is 21.1 Å². The Hall–Kier alpha value is -1.50. The summed E-state index contributed by atoms with van der Waals surface area (Å²) < 4.78 is 28.5. The molecule has 1 aromatic carbocycles. The Balaban J connectivity index is 3.30. The lowest BCUT2D eigenvalue weighted by Crippen LogP contribution is -1.98. The van der Waals surface area contributed by atoms with Gasteiger partial charge in [-0.05, 0) is 12.1 Å². The maximum absolute atomic E-state index is 13.0. The Morgan fingerprint density at radius 1 is 1.56 bits per heavy atom. The van der Waals surface area contributed by atoms with Crippen LogP contribution in [0.1, 0.15) is 6.92 Å². The number of halogens is 1. The molecule has 7 heteroatoms. The van der Waals surface area contributed by atoms with Crippen molar-refractivity contribution < 1.29 is 13.5 Å². The predicted octanol–water partition coefficient (Wildman–Crippen LogP) is 2.48. The maximum atomic E-state index is 13.0. The Labute approximate surface area is 92.6 Å². The molecule has 0 saturated heterocycles. The van der Waals surface area contributed by atoms with E-state index in [4.69, 9.17) is 0 Å². The molecule has 0 unspecified atom stereocenters. The highest BCUT2D eigenvalue weighted by atomic mass is 32.2. The van der Waals surface area contributed by atoms with Crippen molar-refractivity contribution >= 4 is 21.1 Å². The summed E-state index contributed by atoms with van der Waals surface area (Å²) in [4.78, 5) is 9.63. The summed E-state index contributed by atoms with van der Waals surface area (Å²) in [6.07, 6.45) is 1.45. The van der Waals surface area contributed by atoms with Gasteiger partial charge in [-0.3, -0.25) is 10.1 Å². The van der Waals surface area contributed by atoms with Crippen molar-refractivity contribution in [1.82, 2.24) is 0 Å². The zero-order valence-electron chi connectivity index (χ0n) is 8.84. The van der Waals surface area contributed by atoms with E-state index in [1.54, 1.807) is 6.92 Å². The third-order valence-corrected chi connectivity index (χ3v) is 3.63. The van der Waals surface area contributed by atoms with Crippen molar-refractivity contribution in [1.29, 1.82) is 0 Å². The number of nitro benzene ring substituents is 1. The van der Waals surface area contributed by atoms with Crippen molar-refractivity contribution in [2.75, 3.05) is 12.0 Å². The van der Waals surface area contributed by atoms with Crippen LogP contribution in [0, 0.1) is 15.9 Å². The van der Waals surface area contributed by atoms with Crippen molar-refractivity contribution in [2.45, 2.75) is 6.92 Å². The van der Waals surface area contributed by atoms with E-state index in [9.17, 15) is 18.7 Å². The van der Waals surface area contributed by atoms with Gasteiger partial charge in [0, 0.05) is 27.8 Å². The van der Waals surface area contributed by atoms with Crippen LogP contribution in [0.4, 0.5) is 15.8 Å². The van der Waals surface area contributed by atoms with E-state index < -0.39 is 26.2 Å². The summed E-state index contributed by atoms with van der Waals surface area (Å²) in [5.74, 6) is -0.596. The number of rotatable bonds is 3. The van der Waals surface area contributed by atoms with Gasteiger partial charge in [-0.1, -0.05) is 6.92 Å². The molecule has 0 fully saturated rings. The fourth-order valence-electron chi connectivity index (χ4n) is 0.985. The Morgan fingerprint density at radius 3 is 2.69 bits per heavy atom. The smallest absolute Gasteiger partial charge is 0.258 e. The summed E-state index contributed by atoms with van der Waals surface area (Å²) >= 11 is 0. The van der Waals surface area contributed by atoms with Gasteiger partial charge in [0.2, 0.25) is 5.82 Å². The van der Waals surface area contributed by atoms with Gasteiger partial charge >= 0.3 is 5.69 Å². The molecule has 0 heterocycles. The van der Waals surface area contributed by atoms with Gasteiger partial charge in [-0.15, -0.1) is 0 Å². The standard InChI is InChI=1S/C9H11FN2O3S/c1-3-16(2,15)11-7-4-5-8(10)9(6-7)12(13)14/h4-6H,3H2,1-2H3/t16-/m1/s1. The lowest BCUT2D eigenvalue weighted by Gasteiger charge is -2.00. The Morgan fingerprint density at radius 2 is 2.19 bits per heavy atom. The largest absolute Gasteiger partial charge is 0.306 e. The quantitative estimate of drug-likeness (QED) is 0.607. The summed E-state index contributed by atoms with van der Waals surface area (Å²) in [5, 5.41) is 10.5. The first-order valence-electron chi connectivity index (χ1n) is 4.49. The molecule has 0 spiro atoms. The number of hydrogen-bond donors (Lipinski definition) is 0. The molecule has 0 bridgehead atoms. The third kappa shape index (κ3) is 2.99. The molecule has 0 amide bonds. The summed E-state index contributed by atoms with van der Waals surface area (Å²) in [6.45, 7) is 1.70. The van der Waals surface area contributed by atoms with Gasteiger partial charge in [0.15, 0.2) is 0 Å². The molecule has 0 aromatic heterocycles. The number of hydrogen-bond acceptors (Lipinski definition) is 4. The SMILES string of the molecule is CC[S@@](C)(=O)=Nc1ccc(F)c([N+](=O)[O-])c1. The minimum atomic E-state index is -2.40. The molecular weight excluding hydrogens is 235 g/mol. The zero-order chi connectivity index (χ0) is 12.3. The second-order valence-electron chi connectivity index (χ2n) is 3.23. The minimum Gasteiger partial charge on any atom is -0.258 e. The zero-order valence-corrected chi connectivity index (χ0v) is 9.66. The normalized spacial score (nSPS) is 14.2. The number of nitrogens with zero attached hydrogens (tertiary/aromatic N) is 2. The number of benzene rings is 1. The average molecular weight is 246 g/mol. The Kier molecular flexibility index (Phi) is 3.58. The van der Waals surface area contributed by atoms with Crippen LogP contribution in [0.5, 0.6) is 0 Å². The van der Waals surface area contributed by atoms with E-state index in [1.807, 2.05) is 0 Å². The van der Waals surface area contributed by atoms with Crippen LogP contribution in [-0.2, 0) is 9.73 Å². The summed E-state index contributed by atoms with van der Waals surface area (Å²) in [6, 6.07) is 3.19. The fourth-order valence-corrected chi connectivity index (χ4v) is 1.67. The summed E-state index contributed by atoms with van der Waals surface area (Å²) in [5.41, 5.74) is -0.505. The van der Waals surface area contributed by atoms with Crippen LogP contribution in [0.15, 0.2) is 22.6 Å². The van der Waals surface area contributed by atoms with E-state index >= 15 is 0 Å². The molecule has 88 valence electrons. The Bertz CT molecular complexity index is 536. The van der Waals surface area contributed by atoms with E-state index in [-0.39, 0.29) is 5.69 Å². The minimum absolute atomic E-state index is 0.155. The lowest BCUT2D eigenvalue weighted by molar-refractivity contribution is -0.387. The topological polar surface area (TPSA) is 72.6 Å². The second-order valence-corrected chi connectivity index (χ2v) is 5.91. The van der Waals surface area contributed by atoms with Gasteiger partial charge in [0.25, 0.3) is 0 Å². The highest BCUT2D eigenvalue weighted by molar-refractivity contribution is 7.93. The maximum Gasteiger partial charge on any atom is 0.306 e. The van der Waals surface area contributed by atoms with E-state index in [0.717, 1.165) is 12.1 Å². The van der Waals surface area contributed by atoms with Crippen LogP contribution in [0.25, 0.3) is 0 Å². The fraction of sp³-hybridized carbons (Fsp3) is 0.333. The highest BCUT2D eigenvalue weighted by Crippen LogP contribution is 2.24. The van der Waals surface area contributed by atoms with E-state index in [2.05, 4.69) is 4.36 Å². The number of nitro groups is 1. The molecule has 0 N–H and O–H groups in total. The molecule has 0 aliphatic heterocycles. The first-order chi connectivity index (χ1) is 7.35. The third-order valence-electron chi connectivity index (χ3n) is 1.96. The molecular formula is C9H11FN2O3S. The monoisotopic (exact) mass is 246 g/mol. The van der Waals surface area contributed by atoms with Gasteiger partial charge < -0.3 is 0 Å². The second kappa shape index (κ2) is 4.56. The van der Waals surface area contributed by atoms with Crippen LogP contribution in [0.3, 0.4) is 0 Å². The van der Waals surface area contributed by atoms with Gasteiger partial charge in [0.05, 0.1) is 10.6 Å².